The Morgan fingerprint density at radius 1 is 0.545 bits per heavy atom. The van der Waals surface area contributed by atoms with Crippen LogP contribution < -0.4 is 4.74 Å². The molecule has 0 radical (unpaired) electrons. The highest BCUT2D eigenvalue weighted by Gasteiger charge is 2.55. The lowest BCUT2D eigenvalue weighted by atomic mass is 9.95. The summed E-state index contributed by atoms with van der Waals surface area (Å²) in [6, 6.07) is 3.13. The van der Waals surface area contributed by atoms with E-state index < -0.39 is 154 Å². The number of aliphatic hydroxyl groups is 13. The molecule has 0 amide bonds. The van der Waals surface area contributed by atoms with E-state index in [4.69, 9.17) is 49.5 Å². The molecule has 25 heteroatoms. The van der Waals surface area contributed by atoms with E-state index in [9.17, 15) is 76.5 Å². The van der Waals surface area contributed by atoms with Crippen LogP contribution in [0.2, 0.25) is 5.02 Å². The number of benzene rings is 1. The lowest BCUT2D eigenvalue weighted by Crippen LogP contribution is -2.67. The lowest BCUT2D eigenvalue weighted by molar-refractivity contribution is -0.387. The standard InChI is InChI=1S/C30H44ClNO23/c31-9-3-8(32(46)47)1-2-10(9)48-27-21(43)17(39)24(12(5-34)50-27)54-29-23(45)19(41)26(14(7-36)52-29)55-30-22(44)18(40)25(13(6-35)51-30)53-28-20(42)16(38)15(37)11(4-33)49-28/h1-3,11-30,33-45H,4-7H2/t11-,12-,13-,14-,15+,16+,17-,18-,19-,20-,21-,22-,23-,24+,25+,26+,27-,28+,29+,30+/m1/s1. The van der Waals surface area contributed by atoms with Gasteiger partial charge in [-0.3, -0.25) is 10.1 Å². The highest BCUT2D eigenvalue weighted by atomic mass is 35.5. The van der Waals surface area contributed by atoms with Crippen LogP contribution in [0.3, 0.4) is 0 Å². The molecular formula is C30H44ClNO23. The fourth-order valence-electron chi connectivity index (χ4n) is 6.45. The zero-order valence-corrected chi connectivity index (χ0v) is 29.1. The third-order valence-corrected chi connectivity index (χ3v) is 9.85. The number of hydrogen-bond acceptors (Lipinski definition) is 23. The Morgan fingerprint density at radius 2 is 0.909 bits per heavy atom. The van der Waals surface area contributed by atoms with E-state index in [1.807, 2.05) is 0 Å². The van der Waals surface area contributed by atoms with Crippen molar-refractivity contribution in [2.24, 2.45) is 0 Å². The lowest BCUT2D eigenvalue weighted by Gasteiger charge is -2.49. The summed E-state index contributed by atoms with van der Waals surface area (Å²) in [5.41, 5.74) is -0.367. The first-order chi connectivity index (χ1) is 26.1. The van der Waals surface area contributed by atoms with Crippen LogP contribution >= 0.6 is 11.6 Å². The number of aliphatic hydroxyl groups excluding tert-OH is 13. The molecule has 0 aromatic heterocycles. The number of rotatable bonds is 13. The number of nitro groups is 1. The predicted molar refractivity (Wildman–Crippen MR) is 170 cm³/mol. The smallest absolute Gasteiger partial charge is 0.271 e. The van der Waals surface area contributed by atoms with Gasteiger partial charge in [0.2, 0.25) is 6.29 Å². The van der Waals surface area contributed by atoms with Gasteiger partial charge in [-0.1, -0.05) is 11.6 Å². The number of hydrogen-bond donors (Lipinski definition) is 13. The molecule has 4 aliphatic rings. The minimum absolute atomic E-state index is 0.188. The van der Waals surface area contributed by atoms with Crippen molar-refractivity contribution in [2.45, 2.75) is 123 Å². The van der Waals surface area contributed by atoms with Gasteiger partial charge in [-0.15, -0.1) is 0 Å². The van der Waals surface area contributed by atoms with E-state index in [1.165, 1.54) is 0 Å². The van der Waals surface area contributed by atoms with Gasteiger partial charge in [-0.25, -0.2) is 0 Å². The predicted octanol–water partition coefficient (Wildman–Crippen LogP) is -7.10. The second-order valence-corrected chi connectivity index (χ2v) is 13.5. The van der Waals surface area contributed by atoms with Gasteiger partial charge in [0.25, 0.3) is 5.69 Å². The summed E-state index contributed by atoms with van der Waals surface area (Å²) < 4.78 is 44.2. The van der Waals surface area contributed by atoms with E-state index in [0.717, 1.165) is 18.2 Å². The van der Waals surface area contributed by atoms with E-state index in [2.05, 4.69) is 0 Å². The zero-order chi connectivity index (χ0) is 40.5. The van der Waals surface area contributed by atoms with Crippen molar-refractivity contribution < 1.29 is 109 Å². The SMILES string of the molecule is O=[N+]([O-])c1ccc(O[C@@H]2O[C@H](CO)[C@H](O[C@@H]3O[C@H](CO)[C@H](O[C@@H]4O[C@H](CO)[C@H](O[C@@H]5O[C@H](CO)[C@H](O)[C@H](O)[C@H]5O)[C@H](O)[C@H]4O)[C@H](O)[C@H]3O)[C@H](O)[C@H]2O)c(Cl)c1. The Balaban J connectivity index is 1.23. The van der Waals surface area contributed by atoms with Crippen LogP contribution in [-0.4, -0.2) is 221 Å². The van der Waals surface area contributed by atoms with E-state index in [1.54, 1.807) is 0 Å². The van der Waals surface area contributed by atoms with Crippen LogP contribution in [0, 0.1) is 10.1 Å². The monoisotopic (exact) mass is 821 g/mol. The van der Waals surface area contributed by atoms with E-state index in [0.29, 0.717) is 0 Å². The van der Waals surface area contributed by atoms with Crippen LogP contribution in [0.4, 0.5) is 5.69 Å². The molecule has 24 nitrogen and oxygen atoms in total. The Kier molecular flexibility index (Phi) is 14.9. The molecule has 4 aliphatic heterocycles. The second-order valence-electron chi connectivity index (χ2n) is 13.1. The molecule has 5 rings (SSSR count). The maximum absolute atomic E-state index is 11.1. The third-order valence-electron chi connectivity index (χ3n) is 9.55. The summed E-state index contributed by atoms with van der Waals surface area (Å²) >= 11 is 6.04. The number of halogens is 1. The van der Waals surface area contributed by atoms with Crippen molar-refractivity contribution in [3.05, 3.63) is 33.3 Å². The highest BCUT2D eigenvalue weighted by molar-refractivity contribution is 6.32. The van der Waals surface area contributed by atoms with Crippen molar-refractivity contribution >= 4 is 17.3 Å². The Hall–Kier alpha value is -2.09. The Morgan fingerprint density at radius 3 is 1.29 bits per heavy atom. The van der Waals surface area contributed by atoms with Crippen molar-refractivity contribution in [3.63, 3.8) is 0 Å². The first-order valence-corrected chi connectivity index (χ1v) is 17.2. The molecule has 13 N–H and O–H groups in total. The van der Waals surface area contributed by atoms with Gasteiger partial charge in [0, 0.05) is 12.1 Å². The summed E-state index contributed by atoms with van der Waals surface area (Å²) in [7, 11) is 0. The molecule has 0 aliphatic carbocycles. The summed E-state index contributed by atoms with van der Waals surface area (Å²) in [6.07, 6.45) is -36.1. The summed E-state index contributed by atoms with van der Waals surface area (Å²) in [5.74, 6) is -0.188. The topological polar surface area (TPSA) is 380 Å². The molecule has 0 unspecified atom stereocenters. The van der Waals surface area contributed by atoms with Crippen molar-refractivity contribution in [3.8, 4) is 5.75 Å². The normalized spacial score (nSPS) is 45.3. The van der Waals surface area contributed by atoms with Crippen molar-refractivity contribution in [1.29, 1.82) is 0 Å². The molecule has 4 heterocycles. The van der Waals surface area contributed by atoms with Crippen molar-refractivity contribution in [2.75, 3.05) is 26.4 Å². The minimum atomic E-state index is -2.08. The molecule has 0 bridgehead atoms. The molecule has 1 aromatic carbocycles. The van der Waals surface area contributed by atoms with E-state index in [-0.39, 0.29) is 16.5 Å². The van der Waals surface area contributed by atoms with Crippen LogP contribution in [0.15, 0.2) is 18.2 Å². The average Bonchev–Trinajstić information content (AvgIpc) is 3.17. The molecule has 55 heavy (non-hydrogen) atoms. The first-order valence-electron chi connectivity index (χ1n) is 16.8. The van der Waals surface area contributed by atoms with Gasteiger partial charge < -0.3 is 104 Å². The third kappa shape index (κ3) is 9.15. The maximum atomic E-state index is 11.1. The highest BCUT2D eigenvalue weighted by Crippen LogP contribution is 2.36. The second kappa shape index (κ2) is 18.7. The molecule has 4 fully saturated rings. The largest absolute Gasteiger partial charge is 0.460 e. The van der Waals surface area contributed by atoms with Gasteiger partial charge >= 0.3 is 0 Å². The number of non-ortho nitro benzene ring substituents is 1. The van der Waals surface area contributed by atoms with Gasteiger partial charge in [0.05, 0.1) is 36.4 Å². The fourth-order valence-corrected chi connectivity index (χ4v) is 6.67. The molecule has 0 spiro atoms. The molecule has 20 atom stereocenters. The minimum Gasteiger partial charge on any atom is -0.460 e. The Bertz CT molecular complexity index is 1410. The summed E-state index contributed by atoms with van der Waals surface area (Å²) in [4.78, 5) is 10.3. The fraction of sp³-hybridized carbons (Fsp3) is 0.800. The quantitative estimate of drug-likeness (QED) is 0.0649. The summed E-state index contributed by atoms with van der Waals surface area (Å²) in [6.45, 7) is -3.56. The number of nitrogens with zero attached hydrogens (tertiary/aromatic N) is 1. The van der Waals surface area contributed by atoms with Gasteiger partial charge in [0.15, 0.2) is 18.9 Å². The number of nitro benzene ring substituents is 1. The molecule has 0 saturated carbocycles. The summed E-state index contributed by atoms with van der Waals surface area (Å²) in [5, 5.41) is 146. The maximum Gasteiger partial charge on any atom is 0.271 e. The first kappa shape index (κ1) is 44.0. The Labute approximate surface area is 314 Å². The van der Waals surface area contributed by atoms with Gasteiger partial charge in [-0.05, 0) is 6.07 Å². The van der Waals surface area contributed by atoms with E-state index >= 15 is 0 Å². The molecular weight excluding hydrogens is 778 g/mol. The zero-order valence-electron chi connectivity index (χ0n) is 28.3. The molecule has 4 saturated heterocycles. The van der Waals surface area contributed by atoms with Gasteiger partial charge in [0.1, 0.15) is 103 Å². The molecule has 314 valence electrons. The van der Waals surface area contributed by atoms with Crippen LogP contribution in [-0.2, 0) is 33.2 Å². The van der Waals surface area contributed by atoms with Crippen molar-refractivity contribution in [1.82, 2.24) is 0 Å². The molecule has 1 aromatic rings. The van der Waals surface area contributed by atoms with Crippen LogP contribution in [0.1, 0.15) is 0 Å². The van der Waals surface area contributed by atoms with Gasteiger partial charge in [-0.2, -0.15) is 0 Å². The number of ether oxygens (including phenoxy) is 8. The van der Waals surface area contributed by atoms with Crippen LogP contribution in [0.5, 0.6) is 5.75 Å². The van der Waals surface area contributed by atoms with Crippen LogP contribution in [0.25, 0.3) is 0 Å². The average molecular weight is 822 g/mol.